The Morgan fingerprint density at radius 1 is 1.00 bits per heavy atom. The van der Waals surface area contributed by atoms with Crippen molar-refractivity contribution in [3.63, 3.8) is 0 Å². The van der Waals surface area contributed by atoms with Crippen LogP contribution >= 0.6 is 0 Å². The maximum atomic E-state index is 12.7. The first-order valence-corrected chi connectivity index (χ1v) is 11.1. The zero-order chi connectivity index (χ0) is 21.5. The Hall–Kier alpha value is -2.86. The number of benzene rings is 2. The fourth-order valence-corrected chi connectivity index (χ4v) is 4.58. The number of carbonyl (C=O) groups is 1. The first-order chi connectivity index (χ1) is 15.2. The average Bonchev–Trinajstić information content (AvgIpc) is 3.26. The Labute approximate surface area is 183 Å². The van der Waals surface area contributed by atoms with E-state index >= 15 is 0 Å². The second-order valence-corrected chi connectivity index (χ2v) is 8.31. The van der Waals surface area contributed by atoms with E-state index in [-0.39, 0.29) is 18.8 Å². The molecule has 2 fully saturated rings. The van der Waals surface area contributed by atoms with Crippen LogP contribution in [0.3, 0.4) is 0 Å². The molecule has 2 aromatic rings. The molecule has 1 unspecified atom stereocenters. The number of likely N-dealkylation sites (tertiary alicyclic amines) is 1. The molecule has 1 aliphatic carbocycles. The van der Waals surface area contributed by atoms with Crippen LogP contribution in [0.1, 0.15) is 49.1 Å². The van der Waals surface area contributed by atoms with Crippen molar-refractivity contribution < 1.29 is 19.5 Å². The normalized spacial score (nSPS) is 25.0. The number of nitrogens with zero attached hydrogens (tertiary/aromatic N) is 2. The Bertz CT molecular complexity index is 864. The summed E-state index contributed by atoms with van der Waals surface area (Å²) >= 11 is 0. The van der Waals surface area contributed by atoms with E-state index in [4.69, 9.17) is 9.47 Å². The van der Waals surface area contributed by atoms with Gasteiger partial charge in [0.2, 0.25) is 0 Å². The highest BCUT2D eigenvalue weighted by molar-refractivity contribution is 5.94. The number of amides is 1. The minimum Gasteiger partial charge on any atom is -0.445 e. The highest BCUT2D eigenvalue weighted by Gasteiger charge is 2.36. The highest BCUT2D eigenvalue weighted by Crippen LogP contribution is 2.34. The second-order valence-electron chi connectivity index (χ2n) is 8.31. The van der Waals surface area contributed by atoms with Crippen LogP contribution in [0.2, 0.25) is 0 Å². The first-order valence-electron chi connectivity index (χ1n) is 11.1. The molecule has 1 N–H and O–H groups in total. The standard InChI is InChI=1S/C25H30N2O4/c28-25(31-17-19-7-3-1-4-8-19)27-16-15-23(26-29)24(27)18-30-22-13-11-21(12-14-22)20-9-5-2-6-10-20/h1-10,21-22,24,29H,11-18H2/t21-,22+,24?. The minimum absolute atomic E-state index is 0.169. The molecular formula is C25H30N2O4. The van der Waals surface area contributed by atoms with Crippen molar-refractivity contribution in [3.05, 3.63) is 71.8 Å². The number of rotatable bonds is 6. The SMILES string of the molecule is O=C(OCc1ccccc1)N1CCC(=NO)C1CO[C@H]1CC[C@@H](c2ccccc2)CC1. The molecule has 1 saturated carbocycles. The van der Waals surface area contributed by atoms with Crippen molar-refractivity contribution in [1.82, 2.24) is 4.90 Å². The molecule has 6 heteroatoms. The molecule has 1 heterocycles. The number of oxime groups is 1. The lowest BCUT2D eigenvalue weighted by Gasteiger charge is -2.31. The molecule has 1 aliphatic heterocycles. The van der Waals surface area contributed by atoms with Gasteiger partial charge in [0, 0.05) is 13.0 Å². The zero-order valence-electron chi connectivity index (χ0n) is 17.7. The largest absolute Gasteiger partial charge is 0.445 e. The molecular weight excluding hydrogens is 392 g/mol. The first kappa shape index (κ1) is 21.4. The van der Waals surface area contributed by atoms with Crippen LogP contribution in [0.4, 0.5) is 4.79 Å². The van der Waals surface area contributed by atoms with Crippen LogP contribution in [0.25, 0.3) is 0 Å². The van der Waals surface area contributed by atoms with Gasteiger partial charge in [0.25, 0.3) is 0 Å². The maximum absolute atomic E-state index is 12.7. The van der Waals surface area contributed by atoms with Gasteiger partial charge in [0.05, 0.1) is 18.4 Å². The summed E-state index contributed by atoms with van der Waals surface area (Å²) in [5.41, 5.74) is 2.92. The van der Waals surface area contributed by atoms with Crippen molar-refractivity contribution in [2.45, 2.75) is 56.8 Å². The average molecular weight is 423 g/mol. The molecule has 6 nitrogen and oxygen atoms in total. The van der Waals surface area contributed by atoms with E-state index in [2.05, 4.69) is 35.5 Å². The number of ether oxygens (including phenoxy) is 2. The van der Waals surface area contributed by atoms with Gasteiger partial charge in [0.1, 0.15) is 12.6 Å². The lowest BCUT2D eigenvalue weighted by molar-refractivity contribution is 0.00400. The molecule has 2 aromatic carbocycles. The summed E-state index contributed by atoms with van der Waals surface area (Å²) in [6.45, 7) is 1.03. The summed E-state index contributed by atoms with van der Waals surface area (Å²) in [5.74, 6) is 0.589. The lowest BCUT2D eigenvalue weighted by Crippen LogP contribution is -2.42. The van der Waals surface area contributed by atoms with Gasteiger partial charge in [-0.1, -0.05) is 65.8 Å². The fourth-order valence-electron chi connectivity index (χ4n) is 4.58. The van der Waals surface area contributed by atoms with Crippen molar-refractivity contribution in [1.29, 1.82) is 0 Å². The minimum atomic E-state index is -0.399. The third-order valence-corrected chi connectivity index (χ3v) is 6.37. The van der Waals surface area contributed by atoms with Gasteiger partial charge in [-0.15, -0.1) is 0 Å². The smallest absolute Gasteiger partial charge is 0.410 e. The second kappa shape index (κ2) is 10.4. The van der Waals surface area contributed by atoms with E-state index < -0.39 is 6.09 Å². The molecule has 31 heavy (non-hydrogen) atoms. The van der Waals surface area contributed by atoms with E-state index in [1.807, 2.05) is 30.3 Å². The van der Waals surface area contributed by atoms with Crippen LogP contribution in [0, 0.1) is 0 Å². The Kier molecular flexibility index (Phi) is 7.20. The third-order valence-electron chi connectivity index (χ3n) is 6.37. The van der Waals surface area contributed by atoms with Crippen LogP contribution in [0.5, 0.6) is 0 Å². The lowest BCUT2D eigenvalue weighted by atomic mass is 9.83. The van der Waals surface area contributed by atoms with Crippen molar-refractivity contribution in [2.24, 2.45) is 5.16 Å². The van der Waals surface area contributed by atoms with Crippen molar-refractivity contribution >= 4 is 11.8 Å². The fraction of sp³-hybridized carbons (Fsp3) is 0.440. The molecule has 164 valence electrons. The van der Waals surface area contributed by atoms with E-state index in [0.29, 0.717) is 31.2 Å². The monoisotopic (exact) mass is 422 g/mol. The van der Waals surface area contributed by atoms with E-state index in [1.54, 1.807) is 4.90 Å². The topological polar surface area (TPSA) is 71.4 Å². The van der Waals surface area contributed by atoms with Crippen LogP contribution in [-0.2, 0) is 16.1 Å². The predicted molar refractivity (Wildman–Crippen MR) is 118 cm³/mol. The quantitative estimate of drug-likeness (QED) is 0.527. The Balaban J connectivity index is 1.28. The molecule has 1 atom stereocenters. The predicted octanol–water partition coefficient (Wildman–Crippen LogP) is 4.97. The van der Waals surface area contributed by atoms with Gasteiger partial charge in [-0.05, 0) is 42.7 Å². The third kappa shape index (κ3) is 5.44. The molecule has 2 aliphatic rings. The Morgan fingerprint density at radius 3 is 2.35 bits per heavy atom. The van der Waals surface area contributed by atoms with E-state index in [9.17, 15) is 10.0 Å². The van der Waals surface area contributed by atoms with Crippen LogP contribution in [0.15, 0.2) is 65.8 Å². The summed E-state index contributed by atoms with van der Waals surface area (Å²) in [6, 6.07) is 19.9. The van der Waals surface area contributed by atoms with E-state index in [0.717, 1.165) is 31.2 Å². The Morgan fingerprint density at radius 2 is 1.68 bits per heavy atom. The molecule has 1 saturated heterocycles. The number of hydrogen-bond donors (Lipinski definition) is 1. The van der Waals surface area contributed by atoms with Crippen molar-refractivity contribution in [2.75, 3.05) is 13.2 Å². The van der Waals surface area contributed by atoms with Gasteiger partial charge in [-0.2, -0.15) is 0 Å². The van der Waals surface area contributed by atoms with Gasteiger partial charge < -0.3 is 14.7 Å². The molecule has 0 radical (unpaired) electrons. The highest BCUT2D eigenvalue weighted by atomic mass is 16.6. The molecule has 0 bridgehead atoms. The molecule has 0 spiro atoms. The zero-order valence-corrected chi connectivity index (χ0v) is 17.7. The summed E-state index contributed by atoms with van der Waals surface area (Å²) < 4.78 is 11.7. The summed E-state index contributed by atoms with van der Waals surface area (Å²) in [4.78, 5) is 14.3. The van der Waals surface area contributed by atoms with Crippen LogP contribution in [-0.4, -0.2) is 47.2 Å². The van der Waals surface area contributed by atoms with Gasteiger partial charge in [0.15, 0.2) is 0 Å². The molecule has 4 rings (SSSR count). The van der Waals surface area contributed by atoms with Gasteiger partial charge >= 0.3 is 6.09 Å². The van der Waals surface area contributed by atoms with Gasteiger partial charge in [-0.25, -0.2) is 4.79 Å². The van der Waals surface area contributed by atoms with Crippen LogP contribution < -0.4 is 0 Å². The van der Waals surface area contributed by atoms with E-state index in [1.165, 1.54) is 5.56 Å². The molecule has 1 amide bonds. The summed E-state index contributed by atoms with van der Waals surface area (Å²) in [7, 11) is 0. The summed E-state index contributed by atoms with van der Waals surface area (Å²) in [6.07, 6.45) is 4.50. The number of carbonyl (C=O) groups excluding carboxylic acids is 1. The van der Waals surface area contributed by atoms with Gasteiger partial charge in [-0.3, -0.25) is 4.90 Å². The summed E-state index contributed by atoms with van der Waals surface area (Å²) in [5, 5.41) is 12.8. The number of hydrogen-bond acceptors (Lipinski definition) is 5. The maximum Gasteiger partial charge on any atom is 0.410 e. The molecule has 0 aromatic heterocycles. The van der Waals surface area contributed by atoms with Crippen molar-refractivity contribution in [3.8, 4) is 0 Å².